The Hall–Kier alpha value is -3.96. The van der Waals surface area contributed by atoms with Gasteiger partial charge in [0, 0.05) is 11.1 Å². The van der Waals surface area contributed by atoms with Gasteiger partial charge in [-0.2, -0.15) is 0 Å². The summed E-state index contributed by atoms with van der Waals surface area (Å²) in [4.78, 5) is 17.3. The summed E-state index contributed by atoms with van der Waals surface area (Å²) in [5.41, 5.74) is 8.76. The van der Waals surface area contributed by atoms with E-state index in [1.165, 1.54) is 24.3 Å². The van der Waals surface area contributed by atoms with Gasteiger partial charge in [-0.25, -0.2) is 10.5 Å². The van der Waals surface area contributed by atoms with E-state index in [0.717, 1.165) is 16.7 Å². The third-order valence-corrected chi connectivity index (χ3v) is 5.40. The molecule has 0 aliphatic rings. The first-order valence-corrected chi connectivity index (χ1v) is 10.6. The Kier molecular flexibility index (Phi) is 7.59. The number of benzene rings is 2. The maximum absolute atomic E-state index is 12.5. The van der Waals surface area contributed by atoms with Crippen LogP contribution in [0.3, 0.4) is 0 Å². The van der Waals surface area contributed by atoms with Crippen LogP contribution in [-0.2, 0) is 0 Å². The molecule has 2 N–H and O–H groups in total. The third kappa shape index (κ3) is 4.78. The van der Waals surface area contributed by atoms with Crippen molar-refractivity contribution in [3.05, 3.63) is 89.1 Å². The molecule has 5 heteroatoms. The molecule has 0 spiro atoms. The molecule has 0 fully saturated rings. The molecule has 0 aliphatic heterocycles. The molecule has 0 unspecified atom stereocenters. The number of aromatic nitrogens is 1. The number of methoxy groups -OCH3 is 1. The summed E-state index contributed by atoms with van der Waals surface area (Å²) in [5, 5.41) is 9.32. The predicted octanol–water partition coefficient (Wildman–Crippen LogP) is 6.56. The highest BCUT2D eigenvalue weighted by atomic mass is 16.5. The van der Waals surface area contributed by atoms with E-state index >= 15 is 0 Å². The molecule has 5 nitrogen and oxygen atoms in total. The zero-order valence-electron chi connectivity index (χ0n) is 19.3. The molecule has 0 atom stereocenters. The number of hydrogen-bond donors (Lipinski definition) is 2. The van der Waals surface area contributed by atoms with Gasteiger partial charge >= 0.3 is 0 Å². The third-order valence-electron chi connectivity index (χ3n) is 5.40. The summed E-state index contributed by atoms with van der Waals surface area (Å²) in [5.74, 6) is -0.424. The molecule has 0 saturated carbocycles. The Balaban J connectivity index is 2.17. The van der Waals surface area contributed by atoms with Crippen molar-refractivity contribution < 1.29 is 14.7 Å². The summed E-state index contributed by atoms with van der Waals surface area (Å²) in [7, 11) is 1.47. The molecular formula is C28H28N2O3. The molecule has 33 heavy (non-hydrogen) atoms. The number of amides is 1. The number of pyridine rings is 1. The number of rotatable bonds is 7. The minimum Gasteiger partial charge on any atom is -0.494 e. The van der Waals surface area contributed by atoms with Gasteiger partial charge in [-0.1, -0.05) is 67.3 Å². The number of carbonyl (C=O) groups is 1. The average molecular weight is 441 g/mol. The molecule has 1 amide bonds. The second kappa shape index (κ2) is 10.6. The van der Waals surface area contributed by atoms with Crippen LogP contribution in [0.4, 0.5) is 0 Å². The van der Waals surface area contributed by atoms with Crippen molar-refractivity contribution in [2.75, 3.05) is 7.11 Å². The van der Waals surface area contributed by atoms with Crippen LogP contribution in [0.2, 0.25) is 0 Å². The van der Waals surface area contributed by atoms with Gasteiger partial charge in [0.05, 0.1) is 18.4 Å². The normalized spacial score (nSPS) is 11.2. The monoisotopic (exact) mass is 440 g/mol. The summed E-state index contributed by atoms with van der Waals surface area (Å²) < 4.78 is 5.59. The average Bonchev–Trinajstić information content (AvgIpc) is 2.84. The first-order valence-electron chi connectivity index (χ1n) is 10.6. The predicted molar refractivity (Wildman–Crippen MR) is 135 cm³/mol. The number of hydrogen-bond acceptors (Lipinski definition) is 4. The van der Waals surface area contributed by atoms with Crippen LogP contribution in [0.15, 0.2) is 61.2 Å². The van der Waals surface area contributed by atoms with Gasteiger partial charge in [0.2, 0.25) is 0 Å². The van der Waals surface area contributed by atoms with Crippen molar-refractivity contribution in [3.63, 3.8) is 0 Å². The van der Waals surface area contributed by atoms with E-state index in [2.05, 4.69) is 37.8 Å². The maximum Gasteiger partial charge on any atom is 0.279 e. The first kappa shape index (κ1) is 23.7. The number of allylic oxidation sites excluding steroid dienone is 2. The lowest BCUT2D eigenvalue weighted by Gasteiger charge is -2.17. The van der Waals surface area contributed by atoms with Crippen LogP contribution in [0, 0.1) is 6.92 Å². The zero-order valence-corrected chi connectivity index (χ0v) is 19.3. The van der Waals surface area contributed by atoms with Gasteiger partial charge in [-0.15, -0.1) is 0 Å². The van der Waals surface area contributed by atoms with E-state index in [9.17, 15) is 10.0 Å². The Bertz CT molecular complexity index is 1240. The highest BCUT2D eigenvalue weighted by molar-refractivity contribution is 6.02. The second-order valence-corrected chi connectivity index (χ2v) is 7.46. The molecule has 0 radical (unpaired) electrons. The van der Waals surface area contributed by atoms with Crippen molar-refractivity contribution >= 4 is 24.1 Å². The molecule has 0 aliphatic carbocycles. The van der Waals surface area contributed by atoms with Crippen molar-refractivity contribution in [3.8, 4) is 28.1 Å². The van der Waals surface area contributed by atoms with E-state index in [4.69, 9.17) is 9.72 Å². The fourth-order valence-corrected chi connectivity index (χ4v) is 3.77. The standard InChI is InChI=1S/C28H28N2O3/c1-6-9-21-17-22(12-11-18(21)4)19-13-15-20(16-14-19)26-27(33-5)25(28(31)30-32)23(8-3)24(29-26)10-7-2/h6-17,32H,3H2,1-2,4-5H3,(H,30,31)/b9-6-,10-7-. The summed E-state index contributed by atoms with van der Waals surface area (Å²) >= 11 is 0. The van der Waals surface area contributed by atoms with E-state index in [1.807, 2.05) is 50.3 Å². The van der Waals surface area contributed by atoms with Crippen molar-refractivity contribution in [2.45, 2.75) is 20.8 Å². The van der Waals surface area contributed by atoms with Crippen LogP contribution >= 0.6 is 0 Å². The number of nitrogens with one attached hydrogen (secondary N) is 1. The van der Waals surface area contributed by atoms with E-state index in [-0.39, 0.29) is 11.3 Å². The number of nitrogens with zero attached hydrogens (tertiary/aromatic N) is 1. The highest BCUT2D eigenvalue weighted by Crippen LogP contribution is 2.37. The van der Waals surface area contributed by atoms with Crippen LogP contribution < -0.4 is 10.2 Å². The lowest BCUT2D eigenvalue weighted by molar-refractivity contribution is 0.0703. The minimum absolute atomic E-state index is 0.173. The molecule has 0 bridgehead atoms. The van der Waals surface area contributed by atoms with Crippen LogP contribution in [0.5, 0.6) is 5.75 Å². The van der Waals surface area contributed by atoms with Gasteiger partial charge in [0.15, 0.2) is 5.75 Å². The topological polar surface area (TPSA) is 71.5 Å². The molecule has 1 heterocycles. The number of aryl methyl sites for hydroxylation is 1. The number of ether oxygens (including phenoxy) is 1. The molecule has 0 saturated heterocycles. The van der Waals surface area contributed by atoms with Gasteiger partial charge < -0.3 is 4.74 Å². The Morgan fingerprint density at radius 1 is 1.03 bits per heavy atom. The minimum atomic E-state index is -0.691. The van der Waals surface area contributed by atoms with Gasteiger partial charge in [-0.05, 0) is 55.2 Å². The molecular weight excluding hydrogens is 412 g/mol. The van der Waals surface area contributed by atoms with Crippen LogP contribution in [0.25, 0.3) is 40.6 Å². The summed E-state index contributed by atoms with van der Waals surface area (Å²) in [6.07, 6.45) is 9.27. The van der Waals surface area contributed by atoms with E-state index < -0.39 is 5.91 Å². The lowest BCUT2D eigenvalue weighted by atomic mass is 9.96. The molecule has 1 aromatic heterocycles. The fraction of sp³-hybridized carbons (Fsp3) is 0.143. The van der Waals surface area contributed by atoms with E-state index in [0.29, 0.717) is 17.0 Å². The Labute approximate surface area is 194 Å². The smallest absolute Gasteiger partial charge is 0.279 e. The molecule has 3 aromatic rings. The molecule has 168 valence electrons. The Morgan fingerprint density at radius 2 is 1.67 bits per heavy atom. The second-order valence-electron chi connectivity index (χ2n) is 7.46. The van der Waals surface area contributed by atoms with Crippen LogP contribution in [-0.4, -0.2) is 23.2 Å². The summed E-state index contributed by atoms with van der Waals surface area (Å²) in [6.45, 7) is 9.77. The van der Waals surface area contributed by atoms with Gasteiger partial charge in [0.25, 0.3) is 5.91 Å². The van der Waals surface area contributed by atoms with Crippen molar-refractivity contribution in [2.24, 2.45) is 0 Å². The largest absolute Gasteiger partial charge is 0.494 e. The number of carbonyl (C=O) groups excluding carboxylic acids is 1. The first-order chi connectivity index (χ1) is 16.0. The Morgan fingerprint density at radius 3 is 2.24 bits per heavy atom. The quantitative estimate of drug-likeness (QED) is 0.322. The lowest BCUT2D eigenvalue weighted by Crippen LogP contribution is -2.22. The SMILES string of the molecule is C=Cc1c(/C=C\C)nc(-c2ccc(-c3ccc(C)c(/C=C\C)c3)cc2)c(OC)c1C(=O)NO. The molecule has 3 rings (SSSR count). The van der Waals surface area contributed by atoms with Crippen molar-refractivity contribution in [1.82, 2.24) is 10.5 Å². The fourth-order valence-electron chi connectivity index (χ4n) is 3.77. The number of hydroxylamine groups is 1. The van der Waals surface area contributed by atoms with Gasteiger partial charge in [0.1, 0.15) is 5.69 Å². The van der Waals surface area contributed by atoms with Crippen molar-refractivity contribution in [1.29, 1.82) is 0 Å². The molecule has 2 aromatic carbocycles. The zero-order chi connectivity index (χ0) is 24.0. The van der Waals surface area contributed by atoms with Gasteiger partial charge in [-0.3, -0.25) is 10.0 Å². The van der Waals surface area contributed by atoms with Crippen LogP contribution in [0.1, 0.15) is 46.6 Å². The maximum atomic E-state index is 12.5. The summed E-state index contributed by atoms with van der Waals surface area (Å²) in [6, 6.07) is 14.3. The highest BCUT2D eigenvalue weighted by Gasteiger charge is 2.24. The van der Waals surface area contributed by atoms with E-state index in [1.54, 1.807) is 11.6 Å².